The number of carbonyl (C=O) groups is 2. The zero-order valence-corrected chi connectivity index (χ0v) is 16.8. The number of carboxylic acids is 1. The van der Waals surface area contributed by atoms with Gasteiger partial charge in [-0.3, -0.25) is 9.59 Å². The van der Waals surface area contributed by atoms with E-state index in [0.29, 0.717) is 18.5 Å². The smallest absolute Gasteiger partial charge is 0.308 e. The van der Waals surface area contributed by atoms with Crippen molar-refractivity contribution in [2.45, 2.75) is 53.1 Å². The van der Waals surface area contributed by atoms with Crippen molar-refractivity contribution in [3.05, 3.63) is 35.7 Å². The third-order valence-corrected chi connectivity index (χ3v) is 4.26. The van der Waals surface area contributed by atoms with E-state index in [1.165, 1.54) is 0 Å². The normalized spacial score (nSPS) is 12.0. The molecule has 8 heteroatoms. The molecule has 0 spiro atoms. The quantitative estimate of drug-likeness (QED) is 0.648. The summed E-state index contributed by atoms with van der Waals surface area (Å²) in [5.74, 6) is -1.18. The topological polar surface area (TPSA) is 106 Å². The summed E-state index contributed by atoms with van der Waals surface area (Å²) in [5.41, 5.74) is 1.65. The van der Waals surface area contributed by atoms with Crippen molar-refractivity contribution in [1.29, 1.82) is 0 Å². The van der Waals surface area contributed by atoms with Crippen LogP contribution in [0.2, 0.25) is 0 Å². The largest absolute Gasteiger partial charge is 0.491 e. The van der Waals surface area contributed by atoms with E-state index in [0.717, 1.165) is 17.9 Å². The van der Waals surface area contributed by atoms with Crippen molar-refractivity contribution in [2.75, 3.05) is 6.54 Å². The molecule has 2 aromatic rings. The molecule has 2 N–H and O–H groups in total. The number of nitrogens with one attached hydrogen (secondary N) is 1. The standard InChI is InChI=1S/C20H28N4O4/c1-5-7-14(20(26)27)12-21-19(25)18-17(6-2)24(23-22-18)15-8-10-16(11-9-15)28-13(3)4/h8-11,13-14H,5-7,12H2,1-4H3,(H,21,25)(H,26,27). The highest BCUT2D eigenvalue weighted by molar-refractivity contribution is 5.93. The molecule has 1 aromatic heterocycles. The van der Waals surface area contributed by atoms with E-state index in [1.54, 1.807) is 4.68 Å². The zero-order valence-electron chi connectivity index (χ0n) is 16.8. The van der Waals surface area contributed by atoms with Crippen molar-refractivity contribution < 1.29 is 19.4 Å². The van der Waals surface area contributed by atoms with Crippen LogP contribution in [0.15, 0.2) is 24.3 Å². The van der Waals surface area contributed by atoms with Crippen molar-refractivity contribution in [3.8, 4) is 11.4 Å². The summed E-state index contributed by atoms with van der Waals surface area (Å²) in [7, 11) is 0. The Bertz CT molecular complexity index is 799. The summed E-state index contributed by atoms with van der Waals surface area (Å²) in [6.45, 7) is 7.82. The van der Waals surface area contributed by atoms with Crippen molar-refractivity contribution in [3.63, 3.8) is 0 Å². The van der Waals surface area contributed by atoms with E-state index in [-0.39, 0.29) is 18.3 Å². The van der Waals surface area contributed by atoms with E-state index in [2.05, 4.69) is 15.6 Å². The lowest BCUT2D eigenvalue weighted by Crippen LogP contribution is -2.33. The van der Waals surface area contributed by atoms with Gasteiger partial charge in [0.15, 0.2) is 5.69 Å². The number of aliphatic carboxylic acids is 1. The second-order valence-corrected chi connectivity index (χ2v) is 6.84. The van der Waals surface area contributed by atoms with Gasteiger partial charge in [0.1, 0.15) is 5.75 Å². The molecule has 2 rings (SSSR count). The molecule has 1 heterocycles. The first-order chi connectivity index (χ1) is 13.4. The molecule has 1 aromatic carbocycles. The molecule has 0 saturated heterocycles. The minimum Gasteiger partial charge on any atom is -0.491 e. The monoisotopic (exact) mass is 388 g/mol. The molecular weight excluding hydrogens is 360 g/mol. The Morgan fingerprint density at radius 1 is 1.21 bits per heavy atom. The van der Waals surface area contributed by atoms with Crippen LogP contribution in [-0.2, 0) is 11.2 Å². The SMILES string of the molecule is CCCC(CNC(=O)c1nnn(-c2ccc(OC(C)C)cc2)c1CC)C(=O)O. The average molecular weight is 388 g/mol. The first-order valence-corrected chi connectivity index (χ1v) is 9.60. The number of aromatic nitrogens is 3. The average Bonchev–Trinajstić information content (AvgIpc) is 3.08. The maximum absolute atomic E-state index is 12.5. The third-order valence-electron chi connectivity index (χ3n) is 4.26. The number of ether oxygens (including phenoxy) is 1. The molecule has 8 nitrogen and oxygen atoms in total. The van der Waals surface area contributed by atoms with Gasteiger partial charge >= 0.3 is 5.97 Å². The number of amides is 1. The minimum atomic E-state index is -0.912. The molecule has 0 radical (unpaired) electrons. The number of nitrogens with zero attached hydrogens (tertiary/aromatic N) is 3. The van der Waals surface area contributed by atoms with Crippen LogP contribution in [0.4, 0.5) is 0 Å². The van der Waals surface area contributed by atoms with E-state index >= 15 is 0 Å². The Hall–Kier alpha value is -2.90. The molecule has 1 amide bonds. The second-order valence-electron chi connectivity index (χ2n) is 6.84. The summed E-state index contributed by atoms with van der Waals surface area (Å²) in [6, 6.07) is 7.40. The Morgan fingerprint density at radius 2 is 1.89 bits per heavy atom. The summed E-state index contributed by atoms with van der Waals surface area (Å²) < 4.78 is 7.26. The lowest BCUT2D eigenvalue weighted by Gasteiger charge is -2.12. The fourth-order valence-corrected chi connectivity index (χ4v) is 2.90. The Morgan fingerprint density at radius 3 is 2.43 bits per heavy atom. The number of carbonyl (C=O) groups excluding carboxylic acids is 1. The van der Waals surface area contributed by atoms with Crippen molar-refractivity contribution in [2.24, 2.45) is 5.92 Å². The third kappa shape index (κ3) is 5.31. The van der Waals surface area contributed by atoms with Gasteiger partial charge in [-0.1, -0.05) is 25.5 Å². The predicted molar refractivity (Wildman–Crippen MR) is 105 cm³/mol. The molecule has 0 aliphatic heterocycles. The van der Waals surface area contributed by atoms with Crippen molar-refractivity contribution >= 4 is 11.9 Å². The first kappa shape index (κ1) is 21.4. The van der Waals surface area contributed by atoms with Gasteiger partial charge in [0.2, 0.25) is 0 Å². The van der Waals surface area contributed by atoms with E-state index in [9.17, 15) is 14.7 Å². The first-order valence-electron chi connectivity index (χ1n) is 9.60. The van der Waals surface area contributed by atoms with Crippen LogP contribution in [0, 0.1) is 5.92 Å². The molecule has 0 aliphatic carbocycles. The van der Waals surface area contributed by atoms with Gasteiger partial charge in [-0.2, -0.15) is 0 Å². The summed E-state index contributed by atoms with van der Waals surface area (Å²) in [6.07, 6.45) is 1.88. The molecule has 0 saturated carbocycles. The van der Waals surface area contributed by atoms with Gasteiger partial charge in [-0.05, 0) is 51.0 Å². The molecule has 1 unspecified atom stereocenters. The molecule has 152 valence electrons. The highest BCUT2D eigenvalue weighted by atomic mass is 16.5. The fourth-order valence-electron chi connectivity index (χ4n) is 2.90. The number of hydrogen-bond acceptors (Lipinski definition) is 5. The Balaban J connectivity index is 2.16. The van der Waals surface area contributed by atoms with Crippen LogP contribution >= 0.6 is 0 Å². The van der Waals surface area contributed by atoms with Gasteiger partial charge in [0, 0.05) is 6.54 Å². The van der Waals surface area contributed by atoms with Crippen LogP contribution in [-0.4, -0.2) is 44.6 Å². The van der Waals surface area contributed by atoms with E-state index < -0.39 is 17.8 Å². The number of benzene rings is 1. The summed E-state index contributed by atoms with van der Waals surface area (Å²) in [5, 5.41) is 20.0. The number of hydrogen-bond donors (Lipinski definition) is 2. The molecule has 0 aliphatic rings. The van der Waals surface area contributed by atoms with Crippen LogP contribution < -0.4 is 10.1 Å². The molecule has 0 fully saturated rings. The minimum absolute atomic E-state index is 0.0687. The maximum atomic E-state index is 12.5. The van der Waals surface area contributed by atoms with Gasteiger partial charge < -0.3 is 15.2 Å². The van der Waals surface area contributed by atoms with Crippen LogP contribution in [0.25, 0.3) is 5.69 Å². The van der Waals surface area contributed by atoms with Crippen LogP contribution in [0.3, 0.4) is 0 Å². The van der Waals surface area contributed by atoms with Gasteiger partial charge in [-0.15, -0.1) is 5.10 Å². The van der Waals surface area contributed by atoms with E-state index in [4.69, 9.17) is 4.74 Å². The highest BCUT2D eigenvalue weighted by Gasteiger charge is 2.22. The van der Waals surface area contributed by atoms with E-state index in [1.807, 2.05) is 52.0 Å². The summed E-state index contributed by atoms with van der Waals surface area (Å²) in [4.78, 5) is 23.8. The van der Waals surface area contributed by atoms with Crippen molar-refractivity contribution in [1.82, 2.24) is 20.3 Å². The zero-order chi connectivity index (χ0) is 20.7. The molecular formula is C20H28N4O4. The summed E-state index contributed by atoms with van der Waals surface area (Å²) >= 11 is 0. The lowest BCUT2D eigenvalue weighted by molar-refractivity contribution is -0.141. The second kappa shape index (κ2) is 9.87. The van der Waals surface area contributed by atoms with Gasteiger partial charge in [-0.25, -0.2) is 4.68 Å². The molecule has 0 bridgehead atoms. The lowest BCUT2D eigenvalue weighted by atomic mass is 10.0. The fraction of sp³-hybridized carbons (Fsp3) is 0.500. The Kier molecular flexibility index (Phi) is 7.54. The molecule has 28 heavy (non-hydrogen) atoms. The van der Waals surface area contributed by atoms with Crippen LogP contribution in [0.5, 0.6) is 5.75 Å². The molecule has 1 atom stereocenters. The number of carboxylic acid groups (broad SMARTS) is 1. The van der Waals surface area contributed by atoms with Gasteiger partial charge in [0.25, 0.3) is 5.91 Å². The Labute approximate surface area is 164 Å². The van der Waals surface area contributed by atoms with Crippen LogP contribution in [0.1, 0.15) is 56.7 Å². The predicted octanol–water partition coefficient (Wildman–Crippen LogP) is 2.85. The van der Waals surface area contributed by atoms with Gasteiger partial charge in [0.05, 0.1) is 23.4 Å². The highest BCUT2D eigenvalue weighted by Crippen LogP contribution is 2.19. The maximum Gasteiger partial charge on any atom is 0.308 e. The number of rotatable bonds is 10.